The van der Waals surface area contributed by atoms with Gasteiger partial charge in [0.15, 0.2) is 0 Å². The third-order valence-corrected chi connectivity index (χ3v) is 2.88. The van der Waals surface area contributed by atoms with Crippen molar-refractivity contribution in [3.63, 3.8) is 0 Å². The van der Waals surface area contributed by atoms with Gasteiger partial charge in [0.1, 0.15) is 6.04 Å². The first-order valence-corrected chi connectivity index (χ1v) is 6.23. The standard InChI is InChI=1S/C11H18N4O5/c12-8(16)2-1-7(10(18)19)14-11(20)15-5-3-9(17)13-4-6-15/h7H,1-6H2,(H2,12,16)(H,13,17)(H,14,20)(H,18,19)/t7-/m0/s1. The van der Waals surface area contributed by atoms with Gasteiger partial charge in [-0.05, 0) is 6.42 Å². The molecule has 0 aromatic carbocycles. The number of carboxylic acids is 1. The summed E-state index contributed by atoms with van der Waals surface area (Å²) in [7, 11) is 0. The van der Waals surface area contributed by atoms with Crippen LogP contribution in [0.4, 0.5) is 4.79 Å². The predicted molar refractivity (Wildman–Crippen MR) is 67.6 cm³/mol. The first-order chi connectivity index (χ1) is 9.40. The first-order valence-electron chi connectivity index (χ1n) is 6.23. The number of aliphatic carboxylic acids is 1. The SMILES string of the molecule is NC(=O)CC[C@H](NC(=O)N1CCNC(=O)CC1)C(=O)O. The van der Waals surface area contributed by atoms with Gasteiger partial charge in [-0.3, -0.25) is 9.59 Å². The van der Waals surface area contributed by atoms with E-state index in [4.69, 9.17) is 10.8 Å². The number of nitrogens with zero attached hydrogens (tertiary/aromatic N) is 1. The van der Waals surface area contributed by atoms with Gasteiger partial charge in [0.05, 0.1) is 0 Å². The Kier molecular flexibility index (Phi) is 5.75. The summed E-state index contributed by atoms with van der Waals surface area (Å²) in [4.78, 5) is 46.1. The molecule has 1 aliphatic heterocycles. The molecular weight excluding hydrogens is 268 g/mol. The predicted octanol–water partition coefficient (Wildman–Crippen LogP) is -1.76. The van der Waals surface area contributed by atoms with Crippen molar-refractivity contribution >= 4 is 23.8 Å². The number of hydrogen-bond donors (Lipinski definition) is 4. The fourth-order valence-electron chi connectivity index (χ4n) is 1.75. The van der Waals surface area contributed by atoms with Crippen LogP contribution in [0.1, 0.15) is 19.3 Å². The average molecular weight is 286 g/mol. The van der Waals surface area contributed by atoms with Gasteiger partial charge in [-0.1, -0.05) is 0 Å². The second kappa shape index (κ2) is 7.31. The molecule has 0 spiro atoms. The lowest BCUT2D eigenvalue weighted by molar-refractivity contribution is -0.139. The van der Waals surface area contributed by atoms with E-state index in [1.54, 1.807) is 0 Å². The Morgan fingerprint density at radius 1 is 1.40 bits per heavy atom. The zero-order valence-electron chi connectivity index (χ0n) is 10.9. The number of urea groups is 1. The third kappa shape index (κ3) is 5.12. The molecule has 0 radical (unpaired) electrons. The van der Waals surface area contributed by atoms with Crippen molar-refractivity contribution in [1.82, 2.24) is 15.5 Å². The molecule has 1 saturated heterocycles. The molecule has 0 bridgehead atoms. The molecule has 1 rings (SSSR count). The van der Waals surface area contributed by atoms with Crippen LogP contribution in [0.5, 0.6) is 0 Å². The molecule has 4 amide bonds. The summed E-state index contributed by atoms with van der Waals surface area (Å²) in [6.45, 7) is 0.852. The molecule has 1 aliphatic rings. The first kappa shape index (κ1) is 15.7. The van der Waals surface area contributed by atoms with Crippen LogP contribution in [0.15, 0.2) is 0 Å². The zero-order valence-corrected chi connectivity index (χ0v) is 10.9. The summed E-state index contributed by atoms with van der Waals surface area (Å²) in [5, 5.41) is 13.9. The molecule has 1 heterocycles. The van der Waals surface area contributed by atoms with Gasteiger partial charge >= 0.3 is 12.0 Å². The van der Waals surface area contributed by atoms with Gasteiger partial charge in [0, 0.05) is 32.5 Å². The van der Waals surface area contributed by atoms with E-state index in [9.17, 15) is 19.2 Å². The van der Waals surface area contributed by atoms with Crippen molar-refractivity contribution in [3.05, 3.63) is 0 Å². The van der Waals surface area contributed by atoms with E-state index in [0.717, 1.165) is 0 Å². The molecule has 1 fully saturated rings. The largest absolute Gasteiger partial charge is 0.480 e. The summed E-state index contributed by atoms with van der Waals surface area (Å²) < 4.78 is 0. The lowest BCUT2D eigenvalue weighted by atomic mass is 10.1. The molecule has 5 N–H and O–H groups in total. The molecular formula is C11H18N4O5. The fourth-order valence-corrected chi connectivity index (χ4v) is 1.75. The van der Waals surface area contributed by atoms with E-state index in [-0.39, 0.29) is 31.7 Å². The Balaban J connectivity index is 2.54. The quantitative estimate of drug-likeness (QED) is 0.473. The van der Waals surface area contributed by atoms with Crippen LogP contribution in [-0.4, -0.2) is 59.5 Å². The van der Waals surface area contributed by atoms with E-state index in [0.29, 0.717) is 13.1 Å². The van der Waals surface area contributed by atoms with Crippen molar-refractivity contribution in [3.8, 4) is 0 Å². The van der Waals surface area contributed by atoms with Crippen LogP contribution < -0.4 is 16.4 Å². The molecule has 20 heavy (non-hydrogen) atoms. The van der Waals surface area contributed by atoms with Crippen LogP contribution in [0, 0.1) is 0 Å². The number of rotatable bonds is 5. The van der Waals surface area contributed by atoms with Crippen molar-refractivity contribution in [2.75, 3.05) is 19.6 Å². The van der Waals surface area contributed by atoms with Crippen molar-refractivity contribution in [2.24, 2.45) is 5.73 Å². The van der Waals surface area contributed by atoms with Crippen LogP contribution in [-0.2, 0) is 14.4 Å². The lowest BCUT2D eigenvalue weighted by Gasteiger charge is -2.22. The number of hydrogen-bond acceptors (Lipinski definition) is 4. The minimum atomic E-state index is -1.23. The number of nitrogens with two attached hydrogens (primary N) is 1. The highest BCUT2D eigenvalue weighted by molar-refractivity contribution is 5.84. The Morgan fingerprint density at radius 3 is 2.70 bits per heavy atom. The number of amides is 4. The van der Waals surface area contributed by atoms with Crippen molar-refractivity contribution in [1.29, 1.82) is 0 Å². The molecule has 0 aromatic rings. The smallest absolute Gasteiger partial charge is 0.326 e. The molecule has 112 valence electrons. The Labute approximate surface area is 115 Å². The molecule has 0 saturated carbocycles. The minimum Gasteiger partial charge on any atom is -0.480 e. The molecule has 0 aliphatic carbocycles. The third-order valence-electron chi connectivity index (χ3n) is 2.88. The number of carbonyl (C=O) groups excluding carboxylic acids is 3. The van der Waals surface area contributed by atoms with E-state index < -0.39 is 23.9 Å². The summed E-state index contributed by atoms with van der Waals surface area (Å²) in [5.74, 6) is -2.01. The summed E-state index contributed by atoms with van der Waals surface area (Å²) in [6.07, 6.45) is -0.0227. The highest BCUT2D eigenvalue weighted by atomic mass is 16.4. The van der Waals surface area contributed by atoms with Gasteiger partial charge in [-0.15, -0.1) is 0 Å². The van der Waals surface area contributed by atoms with Gasteiger partial charge in [-0.25, -0.2) is 9.59 Å². The van der Waals surface area contributed by atoms with Crippen LogP contribution in [0.25, 0.3) is 0 Å². The van der Waals surface area contributed by atoms with Gasteiger partial charge in [0.25, 0.3) is 0 Å². The number of primary amides is 1. The maximum Gasteiger partial charge on any atom is 0.326 e. The zero-order chi connectivity index (χ0) is 15.1. The Morgan fingerprint density at radius 2 is 2.10 bits per heavy atom. The summed E-state index contributed by atoms with van der Waals surface area (Å²) >= 11 is 0. The Bertz CT molecular complexity index is 412. The lowest BCUT2D eigenvalue weighted by Crippen LogP contribution is -2.49. The average Bonchev–Trinajstić information content (AvgIpc) is 2.58. The minimum absolute atomic E-state index is 0.0680. The van der Waals surface area contributed by atoms with Crippen molar-refractivity contribution < 1.29 is 24.3 Å². The summed E-state index contributed by atoms with van der Waals surface area (Å²) in [5.41, 5.74) is 4.95. The normalized spacial score (nSPS) is 16.8. The van der Waals surface area contributed by atoms with Crippen LogP contribution in [0.2, 0.25) is 0 Å². The maximum absolute atomic E-state index is 11.9. The van der Waals surface area contributed by atoms with Crippen LogP contribution in [0.3, 0.4) is 0 Å². The summed E-state index contributed by atoms with van der Waals surface area (Å²) in [6, 6.07) is -1.75. The Hall–Kier alpha value is -2.32. The monoisotopic (exact) mass is 286 g/mol. The second-order valence-electron chi connectivity index (χ2n) is 4.43. The number of carbonyl (C=O) groups is 4. The fraction of sp³-hybridized carbons (Fsp3) is 0.636. The second-order valence-corrected chi connectivity index (χ2v) is 4.43. The van der Waals surface area contributed by atoms with Gasteiger partial charge < -0.3 is 26.4 Å². The van der Waals surface area contributed by atoms with Gasteiger partial charge in [-0.2, -0.15) is 0 Å². The highest BCUT2D eigenvalue weighted by Crippen LogP contribution is 2.02. The van der Waals surface area contributed by atoms with Gasteiger partial charge in [0.2, 0.25) is 11.8 Å². The van der Waals surface area contributed by atoms with E-state index in [1.807, 2.05) is 0 Å². The molecule has 0 unspecified atom stereocenters. The van der Waals surface area contributed by atoms with E-state index in [2.05, 4.69) is 10.6 Å². The topological polar surface area (TPSA) is 142 Å². The van der Waals surface area contributed by atoms with E-state index in [1.165, 1.54) is 4.90 Å². The number of carboxylic acid groups (broad SMARTS) is 1. The molecule has 9 heteroatoms. The molecule has 1 atom stereocenters. The van der Waals surface area contributed by atoms with Crippen LogP contribution >= 0.6 is 0 Å². The number of nitrogens with one attached hydrogen (secondary N) is 2. The molecule has 9 nitrogen and oxygen atoms in total. The molecule has 0 aromatic heterocycles. The maximum atomic E-state index is 11.9. The highest BCUT2D eigenvalue weighted by Gasteiger charge is 2.24. The van der Waals surface area contributed by atoms with Crippen molar-refractivity contribution in [2.45, 2.75) is 25.3 Å². The van der Waals surface area contributed by atoms with E-state index >= 15 is 0 Å².